The molecule has 1 heterocycles. The van der Waals surface area contributed by atoms with Crippen LogP contribution in [0.15, 0.2) is 6.20 Å². The van der Waals surface area contributed by atoms with Gasteiger partial charge in [0.2, 0.25) is 0 Å². The lowest BCUT2D eigenvalue weighted by atomic mass is 10.4. The summed E-state index contributed by atoms with van der Waals surface area (Å²) in [6, 6.07) is 0. The van der Waals surface area contributed by atoms with Crippen LogP contribution in [-0.2, 0) is 0 Å². The summed E-state index contributed by atoms with van der Waals surface area (Å²) < 4.78 is 7.50. The molecule has 0 aliphatic heterocycles. The van der Waals surface area contributed by atoms with Crippen molar-refractivity contribution in [3.63, 3.8) is 0 Å². The Hall–Kier alpha value is 0.0969. The van der Waals surface area contributed by atoms with Gasteiger partial charge in [-0.1, -0.05) is 19.6 Å². The highest BCUT2D eigenvalue weighted by molar-refractivity contribution is 14.1. The van der Waals surface area contributed by atoms with Gasteiger partial charge in [0, 0.05) is 22.9 Å². The quantitative estimate of drug-likeness (QED) is 0.347. The molecule has 1 amide bonds. The van der Waals surface area contributed by atoms with E-state index in [1.54, 1.807) is 4.90 Å². The van der Waals surface area contributed by atoms with Crippen LogP contribution in [0.5, 0.6) is 5.75 Å². The fourth-order valence-corrected chi connectivity index (χ4v) is 7.09. The number of hydrogen-bond acceptors (Lipinski definition) is 3. The number of carbonyl (C=O) groups is 1. The Morgan fingerprint density at radius 2 is 1.85 bits per heavy atom. The number of halogens is 2. The van der Waals surface area contributed by atoms with Crippen LogP contribution in [-0.4, -0.2) is 37.1 Å². The molecule has 1 rings (SSSR count). The summed E-state index contributed by atoms with van der Waals surface area (Å²) in [6.07, 6.45) is 1.56. The molecule has 1 aromatic rings. The molecule has 7 heteroatoms. The van der Waals surface area contributed by atoms with Gasteiger partial charge in [0.15, 0.2) is 5.75 Å². The summed E-state index contributed by atoms with van der Waals surface area (Å²) >= 11 is 4.41. The van der Waals surface area contributed by atoms with E-state index in [0.29, 0.717) is 18.8 Å². The largest absolute Gasteiger partial charge is 0.415 e. The lowest BCUT2D eigenvalue weighted by molar-refractivity contribution is 0.157. The van der Waals surface area contributed by atoms with Crippen molar-refractivity contribution in [2.24, 2.45) is 0 Å². The minimum absolute atomic E-state index is 0.295. The van der Waals surface area contributed by atoms with Gasteiger partial charge in [0.1, 0.15) is 3.70 Å². The molecule has 0 saturated heterocycles. The molecule has 0 aliphatic rings. The van der Waals surface area contributed by atoms with Gasteiger partial charge in [-0.05, 0) is 64.2 Å². The molecule has 0 fully saturated rings. The SMILES string of the molecule is CCN(CC)C(=O)Oc1c(I)ncc(I)c1[Si](C)(C)C. The lowest BCUT2D eigenvalue weighted by Gasteiger charge is -2.24. The van der Waals surface area contributed by atoms with Crippen LogP contribution in [0.3, 0.4) is 0 Å². The van der Waals surface area contributed by atoms with Gasteiger partial charge < -0.3 is 9.64 Å². The zero-order chi connectivity index (χ0) is 15.5. The van der Waals surface area contributed by atoms with Gasteiger partial charge in [0.05, 0.1) is 8.07 Å². The zero-order valence-electron chi connectivity index (χ0n) is 12.5. The van der Waals surface area contributed by atoms with Crippen molar-refractivity contribution < 1.29 is 9.53 Å². The van der Waals surface area contributed by atoms with E-state index in [2.05, 4.69) is 69.8 Å². The van der Waals surface area contributed by atoms with Crippen molar-refractivity contribution in [3.05, 3.63) is 13.5 Å². The summed E-state index contributed by atoms with van der Waals surface area (Å²) in [6.45, 7) is 11.9. The van der Waals surface area contributed by atoms with E-state index in [1.165, 1.54) is 0 Å². The molecule has 1 aromatic heterocycles. The van der Waals surface area contributed by atoms with Crippen molar-refractivity contribution in [2.45, 2.75) is 33.5 Å². The first-order valence-electron chi connectivity index (χ1n) is 6.53. The molecular formula is C13H20I2N2O2Si. The second-order valence-electron chi connectivity index (χ2n) is 5.39. The Morgan fingerprint density at radius 1 is 1.30 bits per heavy atom. The Labute approximate surface area is 149 Å². The highest BCUT2D eigenvalue weighted by atomic mass is 127. The minimum Gasteiger partial charge on any atom is -0.407 e. The third-order valence-electron chi connectivity index (χ3n) is 2.91. The molecule has 0 aromatic carbocycles. The minimum atomic E-state index is -1.62. The van der Waals surface area contributed by atoms with Gasteiger partial charge >= 0.3 is 6.09 Å². The molecule has 0 bridgehead atoms. The monoisotopic (exact) mass is 518 g/mol. The fourth-order valence-electron chi connectivity index (χ4n) is 1.87. The van der Waals surface area contributed by atoms with Crippen molar-refractivity contribution in [2.75, 3.05) is 13.1 Å². The van der Waals surface area contributed by atoms with Crippen LogP contribution >= 0.6 is 45.2 Å². The molecular weight excluding hydrogens is 498 g/mol. The number of pyridine rings is 1. The van der Waals surface area contributed by atoms with E-state index in [-0.39, 0.29) is 6.09 Å². The zero-order valence-corrected chi connectivity index (χ0v) is 17.8. The molecule has 0 spiro atoms. The third-order valence-corrected chi connectivity index (χ3v) is 7.00. The molecule has 0 atom stereocenters. The van der Waals surface area contributed by atoms with Crippen LogP contribution in [0.25, 0.3) is 0 Å². The Bertz CT molecular complexity index is 500. The lowest BCUT2D eigenvalue weighted by Crippen LogP contribution is -2.43. The number of hydrogen-bond donors (Lipinski definition) is 0. The molecule has 20 heavy (non-hydrogen) atoms. The predicted molar refractivity (Wildman–Crippen MR) is 102 cm³/mol. The van der Waals surface area contributed by atoms with E-state index in [4.69, 9.17) is 4.74 Å². The molecule has 0 aliphatic carbocycles. The normalized spacial score (nSPS) is 11.3. The second-order valence-corrected chi connectivity index (χ2v) is 12.6. The highest BCUT2D eigenvalue weighted by Crippen LogP contribution is 2.24. The molecule has 0 N–H and O–H groups in total. The Kier molecular flexibility index (Phi) is 6.70. The second kappa shape index (κ2) is 7.39. The molecule has 0 radical (unpaired) electrons. The first-order chi connectivity index (χ1) is 9.22. The first-order valence-corrected chi connectivity index (χ1v) is 12.2. The van der Waals surface area contributed by atoms with Crippen molar-refractivity contribution in [1.82, 2.24) is 9.88 Å². The standard InChI is InChI=1S/C13H20I2N2O2Si/c1-6-17(7-2)13(18)19-10-11(20(3,4)5)9(14)8-16-12(10)15/h8H,6-7H2,1-5H3. The van der Waals surface area contributed by atoms with Crippen LogP contribution in [0.1, 0.15) is 13.8 Å². The van der Waals surface area contributed by atoms with Crippen molar-refractivity contribution in [3.8, 4) is 5.75 Å². The summed E-state index contributed by atoms with van der Waals surface area (Å²) in [5.41, 5.74) is 0. The fraction of sp³-hybridized carbons (Fsp3) is 0.538. The van der Waals surface area contributed by atoms with Crippen LogP contribution in [0.2, 0.25) is 19.6 Å². The maximum absolute atomic E-state index is 12.2. The summed E-state index contributed by atoms with van der Waals surface area (Å²) in [7, 11) is -1.62. The maximum atomic E-state index is 12.2. The highest BCUT2D eigenvalue weighted by Gasteiger charge is 2.28. The topological polar surface area (TPSA) is 42.4 Å². The smallest absolute Gasteiger partial charge is 0.407 e. The third kappa shape index (κ3) is 4.29. The van der Waals surface area contributed by atoms with Crippen LogP contribution in [0.4, 0.5) is 4.79 Å². The number of rotatable bonds is 4. The summed E-state index contributed by atoms with van der Waals surface area (Å²) in [5.74, 6) is 0.647. The number of ether oxygens (including phenoxy) is 1. The Balaban J connectivity index is 3.24. The average Bonchev–Trinajstić information content (AvgIpc) is 2.33. The summed E-state index contributed by atoms with van der Waals surface area (Å²) in [4.78, 5) is 18.2. The molecule has 0 unspecified atom stereocenters. The number of nitrogens with zero attached hydrogens (tertiary/aromatic N) is 2. The van der Waals surface area contributed by atoms with Gasteiger partial charge in [-0.2, -0.15) is 0 Å². The molecule has 4 nitrogen and oxygen atoms in total. The van der Waals surface area contributed by atoms with Gasteiger partial charge in [-0.25, -0.2) is 9.78 Å². The van der Waals surface area contributed by atoms with E-state index in [9.17, 15) is 4.79 Å². The van der Waals surface area contributed by atoms with Gasteiger partial charge in [0.25, 0.3) is 0 Å². The predicted octanol–water partition coefficient (Wildman–Crippen LogP) is 3.68. The van der Waals surface area contributed by atoms with Crippen molar-refractivity contribution in [1.29, 1.82) is 0 Å². The summed E-state index contributed by atoms with van der Waals surface area (Å²) in [5, 5.41) is 1.16. The van der Waals surface area contributed by atoms with E-state index in [1.807, 2.05) is 20.0 Å². The van der Waals surface area contributed by atoms with Crippen molar-refractivity contribution >= 4 is 64.5 Å². The maximum Gasteiger partial charge on any atom is 0.415 e. The van der Waals surface area contributed by atoms with E-state index < -0.39 is 8.07 Å². The van der Waals surface area contributed by atoms with E-state index >= 15 is 0 Å². The Morgan fingerprint density at radius 3 is 2.30 bits per heavy atom. The van der Waals surface area contributed by atoms with Crippen LogP contribution < -0.4 is 9.92 Å². The van der Waals surface area contributed by atoms with Crippen LogP contribution in [0, 0.1) is 7.27 Å². The van der Waals surface area contributed by atoms with E-state index in [0.717, 1.165) is 12.5 Å². The van der Waals surface area contributed by atoms with Gasteiger partial charge in [-0.15, -0.1) is 0 Å². The van der Waals surface area contributed by atoms with Gasteiger partial charge in [-0.3, -0.25) is 0 Å². The molecule has 112 valence electrons. The number of amides is 1. The average molecular weight is 518 g/mol. The number of aromatic nitrogens is 1. The number of carbonyl (C=O) groups excluding carboxylic acids is 1. The first kappa shape index (κ1) is 18.1. The molecule has 0 saturated carbocycles.